The molecule has 0 bridgehead atoms. The maximum Gasteiger partial charge on any atom is 0.254 e. The Morgan fingerprint density at radius 3 is 2.91 bits per heavy atom. The van der Waals surface area contributed by atoms with Gasteiger partial charge in [0, 0.05) is 41.9 Å². The van der Waals surface area contributed by atoms with E-state index in [0.29, 0.717) is 36.0 Å². The molecule has 0 atom stereocenters. The third-order valence-corrected chi connectivity index (χ3v) is 7.63. The fraction of sp³-hybridized carbons (Fsp3) is 0.375. The van der Waals surface area contributed by atoms with Crippen LogP contribution in [-0.2, 0) is 17.8 Å². The number of aryl methyl sites for hydroxylation is 1. The molecule has 5 rings (SSSR count). The Bertz CT molecular complexity index is 1180. The highest BCUT2D eigenvalue weighted by Crippen LogP contribution is 2.42. The molecule has 2 aliphatic rings. The highest BCUT2D eigenvalue weighted by molar-refractivity contribution is 7.10. The van der Waals surface area contributed by atoms with E-state index >= 15 is 0 Å². The Morgan fingerprint density at radius 1 is 1.28 bits per heavy atom. The molecule has 166 valence electrons. The topological polar surface area (TPSA) is 67.2 Å². The molecule has 0 spiro atoms. The number of fused-ring (bicyclic) bond motifs is 1. The molecule has 3 heterocycles. The van der Waals surface area contributed by atoms with Crippen LogP contribution in [0.15, 0.2) is 35.8 Å². The number of hydrogen-bond acceptors (Lipinski definition) is 4. The summed E-state index contributed by atoms with van der Waals surface area (Å²) in [6, 6.07) is 7.91. The van der Waals surface area contributed by atoms with Gasteiger partial charge < -0.3 is 10.2 Å². The van der Waals surface area contributed by atoms with Crippen molar-refractivity contribution < 1.29 is 9.59 Å². The van der Waals surface area contributed by atoms with Crippen LogP contribution in [0.1, 0.15) is 57.2 Å². The second-order valence-electron chi connectivity index (χ2n) is 8.50. The lowest BCUT2D eigenvalue weighted by Crippen LogP contribution is -2.37. The van der Waals surface area contributed by atoms with Gasteiger partial charge in [0.1, 0.15) is 0 Å². The summed E-state index contributed by atoms with van der Waals surface area (Å²) in [6.45, 7) is 3.69. The molecule has 0 radical (unpaired) electrons. The quantitative estimate of drug-likeness (QED) is 0.580. The number of nitrogens with zero attached hydrogens (tertiary/aromatic N) is 3. The maximum atomic E-state index is 12.9. The molecule has 1 aliphatic heterocycles. The number of halogens is 1. The van der Waals surface area contributed by atoms with E-state index in [4.69, 9.17) is 11.6 Å². The van der Waals surface area contributed by atoms with E-state index in [1.807, 2.05) is 34.7 Å². The number of thiophene rings is 1. The Balaban J connectivity index is 1.24. The minimum atomic E-state index is -0.178. The lowest BCUT2D eigenvalue weighted by atomic mass is 10.1. The van der Waals surface area contributed by atoms with E-state index in [1.165, 1.54) is 10.4 Å². The van der Waals surface area contributed by atoms with Gasteiger partial charge in [0.25, 0.3) is 5.91 Å². The van der Waals surface area contributed by atoms with Gasteiger partial charge in [-0.3, -0.25) is 9.59 Å². The van der Waals surface area contributed by atoms with E-state index < -0.39 is 0 Å². The number of carbonyl (C=O) groups is 2. The third-order valence-electron chi connectivity index (χ3n) is 6.20. The molecule has 3 aromatic rings. The number of amides is 2. The predicted molar refractivity (Wildman–Crippen MR) is 126 cm³/mol. The summed E-state index contributed by atoms with van der Waals surface area (Å²) in [5, 5.41) is 10.2. The molecule has 32 heavy (non-hydrogen) atoms. The fourth-order valence-electron chi connectivity index (χ4n) is 4.20. The van der Waals surface area contributed by atoms with Gasteiger partial charge in [0.2, 0.25) is 5.91 Å². The van der Waals surface area contributed by atoms with E-state index in [9.17, 15) is 9.59 Å². The van der Waals surface area contributed by atoms with E-state index in [-0.39, 0.29) is 11.8 Å². The van der Waals surface area contributed by atoms with Gasteiger partial charge in [-0.1, -0.05) is 17.7 Å². The lowest BCUT2D eigenvalue weighted by molar-refractivity contribution is -0.131. The monoisotopic (exact) mass is 468 g/mol. The Morgan fingerprint density at radius 2 is 2.12 bits per heavy atom. The third kappa shape index (κ3) is 4.19. The zero-order valence-electron chi connectivity index (χ0n) is 17.9. The highest BCUT2D eigenvalue weighted by Gasteiger charge is 2.33. The average Bonchev–Trinajstić information content (AvgIpc) is 3.35. The molecule has 0 saturated heterocycles. The van der Waals surface area contributed by atoms with Crippen molar-refractivity contribution in [2.24, 2.45) is 0 Å². The van der Waals surface area contributed by atoms with Crippen LogP contribution in [-0.4, -0.2) is 39.6 Å². The zero-order chi connectivity index (χ0) is 22.2. The molecule has 1 aliphatic carbocycles. The first-order valence-electron chi connectivity index (χ1n) is 11.0. The number of nitrogens with one attached hydrogen (secondary N) is 1. The van der Waals surface area contributed by atoms with Crippen molar-refractivity contribution in [1.29, 1.82) is 0 Å². The van der Waals surface area contributed by atoms with Gasteiger partial charge in [0.15, 0.2) is 0 Å². The van der Waals surface area contributed by atoms with Crippen LogP contribution in [0.5, 0.6) is 0 Å². The molecule has 1 fully saturated rings. The first kappa shape index (κ1) is 21.2. The van der Waals surface area contributed by atoms with Crippen LogP contribution in [0.25, 0.3) is 5.69 Å². The summed E-state index contributed by atoms with van der Waals surface area (Å²) in [4.78, 5) is 28.8. The second-order valence-corrected chi connectivity index (χ2v) is 9.91. The summed E-state index contributed by atoms with van der Waals surface area (Å²) in [7, 11) is 0. The minimum Gasteiger partial charge on any atom is -0.351 e. The van der Waals surface area contributed by atoms with Crippen LogP contribution in [0, 0.1) is 6.92 Å². The molecule has 1 aromatic carbocycles. The highest BCUT2D eigenvalue weighted by atomic mass is 35.5. The first-order valence-corrected chi connectivity index (χ1v) is 12.2. The summed E-state index contributed by atoms with van der Waals surface area (Å²) in [5.41, 5.74) is 4.61. The van der Waals surface area contributed by atoms with Crippen molar-refractivity contribution in [3.8, 4) is 5.69 Å². The van der Waals surface area contributed by atoms with Gasteiger partial charge in [0.05, 0.1) is 23.1 Å². The van der Waals surface area contributed by atoms with Crippen molar-refractivity contribution in [1.82, 2.24) is 20.0 Å². The predicted octanol–water partition coefficient (Wildman–Crippen LogP) is 4.48. The number of aromatic nitrogens is 2. The van der Waals surface area contributed by atoms with Crippen LogP contribution >= 0.6 is 22.9 Å². The summed E-state index contributed by atoms with van der Waals surface area (Å²) < 4.78 is 1.83. The van der Waals surface area contributed by atoms with Gasteiger partial charge in [-0.2, -0.15) is 5.10 Å². The van der Waals surface area contributed by atoms with Crippen LogP contribution < -0.4 is 5.32 Å². The van der Waals surface area contributed by atoms with Gasteiger partial charge >= 0.3 is 0 Å². The summed E-state index contributed by atoms with van der Waals surface area (Å²) in [6.07, 6.45) is 4.93. The molecule has 1 saturated carbocycles. The smallest absolute Gasteiger partial charge is 0.254 e. The Kier molecular flexibility index (Phi) is 5.78. The molecule has 8 heteroatoms. The van der Waals surface area contributed by atoms with Gasteiger partial charge in [-0.05, 0) is 60.9 Å². The molecule has 2 amide bonds. The summed E-state index contributed by atoms with van der Waals surface area (Å²) in [5.74, 6) is 0.227. The van der Waals surface area contributed by atoms with E-state index in [2.05, 4.69) is 21.9 Å². The SMILES string of the molecule is Cc1ccc(-n2ncc(C(=O)NCCC(=O)N3CCc4sccc4C3)c2C2CC2)cc1Cl. The van der Waals surface area contributed by atoms with E-state index in [1.54, 1.807) is 17.5 Å². The number of hydrogen-bond donors (Lipinski definition) is 1. The molecular weight excluding hydrogens is 444 g/mol. The largest absolute Gasteiger partial charge is 0.351 e. The molecule has 0 unspecified atom stereocenters. The Hall–Kier alpha value is -2.64. The normalized spacial score (nSPS) is 15.5. The van der Waals surface area contributed by atoms with Crippen molar-refractivity contribution in [3.63, 3.8) is 0 Å². The molecular formula is C24H25ClN4O2S. The van der Waals surface area contributed by atoms with Crippen molar-refractivity contribution in [3.05, 3.63) is 68.1 Å². The molecule has 1 N–H and O–H groups in total. The molecule has 6 nitrogen and oxygen atoms in total. The number of carbonyl (C=O) groups excluding carboxylic acids is 2. The van der Waals surface area contributed by atoms with Crippen molar-refractivity contribution >= 4 is 34.8 Å². The number of rotatable bonds is 6. The van der Waals surface area contributed by atoms with Gasteiger partial charge in [-0.25, -0.2) is 4.68 Å². The average molecular weight is 469 g/mol. The maximum absolute atomic E-state index is 12.9. The van der Waals surface area contributed by atoms with Crippen LogP contribution in [0.4, 0.5) is 0 Å². The minimum absolute atomic E-state index is 0.0783. The van der Waals surface area contributed by atoms with E-state index in [0.717, 1.165) is 42.8 Å². The van der Waals surface area contributed by atoms with Crippen LogP contribution in [0.2, 0.25) is 5.02 Å². The second kappa shape index (κ2) is 8.71. The van der Waals surface area contributed by atoms with Crippen LogP contribution in [0.3, 0.4) is 0 Å². The lowest BCUT2D eigenvalue weighted by Gasteiger charge is -2.27. The van der Waals surface area contributed by atoms with Crippen molar-refractivity contribution in [2.75, 3.05) is 13.1 Å². The van der Waals surface area contributed by atoms with Crippen molar-refractivity contribution in [2.45, 2.75) is 45.1 Å². The number of benzene rings is 1. The standard InChI is InChI=1S/C24H25ClN4O2S/c1-15-2-5-18(12-20(15)25)29-23(16-3-4-16)19(13-27-29)24(31)26-9-6-22(30)28-10-7-21-17(14-28)8-11-32-21/h2,5,8,11-13,16H,3-4,6-7,9-10,14H2,1H3,(H,26,31). The first-order chi connectivity index (χ1) is 15.5. The molecule has 2 aromatic heterocycles. The fourth-order valence-corrected chi connectivity index (χ4v) is 5.26. The summed E-state index contributed by atoms with van der Waals surface area (Å²) >= 11 is 8.07. The zero-order valence-corrected chi connectivity index (χ0v) is 19.5. The Labute approximate surface area is 196 Å². The van der Waals surface area contributed by atoms with Gasteiger partial charge in [-0.15, -0.1) is 11.3 Å².